The van der Waals surface area contributed by atoms with Crippen molar-refractivity contribution in [3.8, 4) is 0 Å². The second kappa shape index (κ2) is 9.60. The molecular weight excluding hydrogens is 386 g/mol. The molecule has 3 rings (SSSR count). The number of rotatable bonds is 8. The summed E-state index contributed by atoms with van der Waals surface area (Å²) in [4.78, 5) is 29.3. The maximum absolute atomic E-state index is 12.4. The second-order valence-corrected chi connectivity index (χ2v) is 7.57. The van der Waals surface area contributed by atoms with Gasteiger partial charge in [-0.05, 0) is 42.9 Å². The van der Waals surface area contributed by atoms with Crippen LogP contribution in [-0.2, 0) is 33.0 Å². The summed E-state index contributed by atoms with van der Waals surface area (Å²) in [5.74, 6) is 0.691. The number of amides is 1. The molecule has 0 fully saturated rings. The number of fused-ring (bicyclic) bond motifs is 1. The number of nitrogens with zero attached hydrogens (tertiary/aromatic N) is 2. The van der Waals surface area contributed by atoms with Crippen LogP contribution in [0, 0.1) is 6.92 Å². The van der Waals surface area contributed by atoms with Gasteiger partial charge in [-0.25, -0.2) is 4.98 Å². The largest absolute Gasteiger partial charge is 0.454 e. The van der Waals surface area contributed by atoms with Crippen molar-refractivity contribution in [2.24, 2.45) is 0 Å². The van der Waals surface area contributed by atoms with Crippen molar-refractivity contribution in [1.82, 2.24) is 9.55 Å². The molecule has 0 bridgehead atoms. The molecule has 0 spiro atoms. The summed E-state index contributed by atoms with van der Waals surface area (Å²) in [7, 11) is 0. The van der Waals surface area contributed by atoms with Crippen LogP contribution in [0.1, 0.15) is 23.9 Å². The van der Waals surface area contributed by atoms with Crippen LogP contribution in [0.15, 0.2) is 42.5 Å². The molecule has 0 aliphatic rings. The lowest BCUT2D eigenvalue weighted by atomic mass is 10.1. The Balaban J connectivity index is 1.64. The predicted octanol–water partition coefficient (Wildman–Crippen LogP) is 3.95. The number of imidazole rings is 1. The van der Waals surface area contributed by atoms with E-state index in [1.54, 1.807) is 11.8 Å². The van der Waals surface area contributed by atoms with Crippen LogP contribution >= 0.6 is 11.8 Å². The van der Waals surface area contributed by atoms with Crippen LogP contribution in [0.2, 0.25) is 0 Å². The fourth-order valence-corrected chi connectivity index (χ4v) is 3.72. The number of nitrogens with one attached hydrogen (secondary N) is 1. The molecule has 152 valence electrons. The lowest BCUT2D eigenvalue weighted by Gasteiger charge is -2.13. The maximum Gasteiger partial charge on any atom is 0.326 e. The minimum atomic E-state index is -0.467. The van der Waals surface area contributed by atoms with Crippen molar-refractivity contribution in [3.05, 3.63) is 59.4 Å². The fourth-order valence-electron chi connectivity index (χ4n) is 3.24. The molecule has 0 unspecified atom stereocenters. The summed E-state index contributed by atoms with van der Waals surface area (Å²) < 4.78 is 7.09. The van der Waals surface area contributed by atoms with Crippen LogP contribution in [0.5, 0.6) is 0 Å². The van der Waals surface area contributed by atoms with Crippen molar-refractivity contribution in [1.29, 1.82) is 0 Å². The molecule has 0 saturated carbocycles. The number of benzene rings is 2. The molecule has 0 saturated heterocycles. The van der Waals surface area contributed by atoms with E-state index in [-0.39, 0.29) is 19.1 Å². The number of aromatic nitrogens is 2. The summed E-state index contributed by atoms with van der Waals surface area (Å²) in [6.45, 7) is 3.68. The van der Waals surface area contributed by atoms with Gasteiger partial charge in [0.15, 0.2) is 6.61 Å². The Morgan fingerprint density at radius 1 is 1.17 bits per heavy atom. The highest BCUT2D eigenvalue weighted by Crippen LogP contribution is 2.21. The number of aryl methyl sites for hydroxylation is 2. The average molecular weight is 412 g/mol. The number of thioether (sulfide) groups is 1. The molecule has 29 heavy (non-hydrogen) atoms. The van der Waals surface area contributed by atoms with Crippen LogP contribution in [-0.4, -0.2) is 34.3 Å². The Kier molecular flexibility index (Phi) is 6.93. The van der Waals surface area contributed by atoms with E-state index in [1.165, 1.54) is 0 Å². The predicted molar refractivity (Wildman–Crippen MR) is 117 cm³/mol. The Hall–Kier alpha value is -2.80. The molecule has 3 aromatic rings. The zero-order chi connectivity index (χ0) is 20.8. The second-order valence-electron chi connectivity index (χ2n) is 6.71. The van der Waals surface area contributed by atoms with Gasteiger partial charge in [-0.2, -0.15) is 11.8 Å². The number of para-hydroxylation sites is 3. The van der Waals surface area contributed by atoms with Gasteiger partial charge < -0.3 is 14.6 Å². The number of hydrogen-bond acceptors (Lipinski definition) is 5. The van der Waals surface area contributed by atoms with Gasteiger partial charge in [-0.3, -0.25) is 9.59 Å². The summed E-state index contributed by atoms with van der Waals surface area (Å²) in [5, 5.41) is 2.87. The third-order valence-corrected chi connectivity index (χ3v) is 5.21. The number of hydrogen-bond donors (Lipinski definition) is 1. The van der Waals surface area contributed by atoms with E-state index < -0.39 is 5.97 Å². The Bertz CT molecular complexity index is 1030. The van der Waals surface area contributed by atoms with Gasteiger partial charge in [0.05, 0.1) is 16.8 Å². The molecule has 2 aromatic carbocycles. The van der Waals surface area contributed by atoms with Crippen LogP contribution < -0.4 is 5.32 Å². The average Bonchev–Trinajstić information content (AvgIpc) is 3.05. The van der Waals surface area contributed by atoms with Crippen molar-refractivity contribution in [2.75, 3.05) is 18.2 Å². The first-order valence-electron chi connectivity index (χ1n) is 9.50. The first-order chi connectivity index (χ1) is 14.0. The number of carbonyl (C=O) groups is 2. The molecule has 1 aromatic heterocycles. The van der Waals surface area contributed by atoms with Crippen molar-refractivity contribution in [2.45, 2.75) is 32.6 Å². The lowest BCUT2D eigenvalue weighted by molar-refractivity contribution is -0.147. The van der Waals surface area contributed by atoms with E-state index in [0.29, 0.717) is 5.75 Å². The van der Waals surface area contributed by atoms with Crippen molar-refractivity contribution >= 4 is 40.4 Å². The fraction of sp³-hybridized carbons (Fsp3) is 0.318. The minimum absolute atomic E-state index is 0.0221. The third kappa shape index (κ3) is 4.98. The van der Waals surface area contributed by atoms with Gasteiger partial charge in [0.25, 0.3) is 5.91 Å². The molecular formula is C22H25N3O3S. The van der Waals surface area contributed by atoms with Crippen LogP contribution in [0.4, 0.5) is 5.69 Å². The van der Waals surface area contributed by atoms with E-state index in [4.69, 9.17) is 4.74 Å². The van der Waals surface area contributed by atoms with Gasteiger partial charge in [-0.15, -0.1) is 0 Å². The van der Waals surface area contributed by atoms with Gasteiger partial charge in [0, 0.05) is 5.69 Å². The molecule has 0 aliphatic carbocycles. The van der Waals surface area contributed by atoms with E-state index in [1.807, 2.05) is 67.1 Å². The van der Waals surface area contributed by atoms with Gasteiger partial charge >= 0.3 is 5.97 Å². The summed E-state index contributed by atoms with van der Waals surface area (Å²) in [6.07, 6.45) is 2.80. The van der Waals surface area contributed by atoms with E-state index in [9.17, 15) is 9.59 Å². The zero-order valence-electron chi connectivity index (χ0n) is 16.9. The van der Waals surface area contributed by atoms with Crippen LogP contribution in [0.25, 0.3) is 11.0 Å². The number of esters is 1. The third-order valence-electron chi connectivity index (χ3n) is 4.66. The first-order valence-corrected chi connectivity index (χ1v) is 10.9. The van der Waals surface area contributed by atoms with Crippen LogP contribution in [0.3, 0.4) is 0 Å². The highest BCUT2D eigenvalue weighted by Gasteiger charge is 2.16. The van der Waals surface area contributed by atoms with Crippen molar-refractivity contribution in [3.63, 3.8) is 0 Å². The lowest BCUT2D eigenvalue weighted by Crippen LogP contribution is -2.24. The quantitative estimate of drug-likeness (QED) is 0.568. The Morgan fingerprint density at radius 3 is 2.72 bits per heavy atom. The van der Waals surface area contributed by atoms with Gasteiger partial charge in [-0.1, -0.05) is 37.3 Å². The van der Waals surface area contributed by atoms with Gasteiger partial charge in [0.1, 0.15) is 12.4 Å². The molecule has 0 atom stereocenters. The normalized spacial score (nSPS) is 10.9. The summed E-state index contributed by atoms with van der Waals surface area (Å²) in [5.41, 5.74) is 4.55. The summed E-state index contributed by atoms with van der Waals surface area (Å²) in [6, 6.07) is 13.6. The molecule has 1 N–H and O–H groups in total. The van der Waals surface area contributed by atoms with E-state index >= 15 is 0 Å². The van der Waals surface area contributed by atoms with E-state index in [2.05, 4.69) is 10.3 Å². The van der Waals surface area contributed by atoms with Gasteiger partial charge in [0.2, 0.25) is 0 Å². The highest BCUT2D eigenvalue weighted by atomic mass is 32.2. The molecule has 0 aliphatic heterocycles. The first kappa shape index (κ1) is 20.9. The standard InChI is InChI=1S/C22H25N3O3S/c1-4-16-9-7-8-15(2)22(16)24-20(26)13-28-21(27)12-25-18-11-6-5-10-17(18)23-19(25)14-29-3/h5-11H,4,12-14H2,1-3H3,(H,24,26). The zero-order valence-corrected chi connectivity index (χ0v) is 17.7. The Morgan fingerprint density at radius 2 is 1.97 bits per heavy atom. The number of ether oxygens (including phenoxy) is 1. The number of anilines is 1. The maximum atomic E-state index is 12.4. The number of carbonyl (C=O) groups excluding carboxylic acids is 2. The molecule has 6 nitrogen and oxygen atoms in total. The van der Waals surface area contributed by atoms with E-state index in [0.717, 1.165) is 40.1 Å². The topological polar surface area (TPSA) is 73.2 Å². The summed E-state index contributed by atoms with van der Waals surface area (Å²) >= 11 is 1.64. The SMILES string of the molecule is CCc1cccc(C)c1NC(=O)COC(=O)Cn1c(CSC)nc2ccccc21. The molecule has 0 radical (unpaired) electrons. The highest BCUT2D eigenvalue weighted by molar-refractivity contribution is 7.97. The van der Waals surface area contributed by atoms with Crippen molar-refractivity contribution < 1.29 is 14.3 Å². The molecule has 1 heterocycles. The Labute approximate surface area is 174 Å². The smallest absolute Gasteiger partial charge is 0.326 e. The molecule has 1 amide bonds. The minimum Gasteiger partial charge on any atom is -0.454 e. The molecule has 7 heteroatoms. The monoisotopic (exact) mass is 411 g/mol.